The van der Waals surface area contributed by atoms with Crippen LogP contribution in [0.2, 0.25) is 0 Å². The molecule has 2 atom stereocenters. The molecule has 1 heterocycles. The number of sulfonamides is 1. The molecule has 0 amide bonds. The van der Waals surface area contributed by atoms with Gasteiger partial charge in [0.05, 0.1) is 18.8 Å². The van der Waals surface area contributed by atoms with E-state index in [1.165, 1.54) is 11.4 Å². The molecule has 0 aromatic carbocycles. The number of methoxy groups -OCH3 is 1. The Morgan fingerprint density at radius 1 is 1.27 bits per heavy atom. The maximum Gasteiger partial charge on any atom is 0.308 e. The van der Waals surface area contributed by atoms with E-state index in [2.05, 4.69) is 4.74 Å². The van der Waals surface area contributed by atoms with Gasteiger partial charge < -0.3 is 9.84 Å². The Kier molecular flexibility index (Phi) is 7.28. The normalized spacial score (nSPS) is 23.2. The Morgan fingerprint density at radius 3 is 2.55 bits per heavy atom. The van der Waals surface area contributed by atoms with Crippen LogP contribution < -0.4 is 0 Å². The molecule has 0 unspecified atom stereocenters. The van der Waals surface area contributed by atoms with Crippen LogP contribution in [0, 0.1) is 5.92 Å². The van der Waals surface area contributed by atoms with Gasteiger partial charge in [0.2, 0.25) is 10.0 Å². The first-order valence-electron chi connectivity index (χ1n) is 7.58. The third-order valence-electron chi connectivity index (χ3n) is 4.12. The predicted octanol–water partition coefficient (Wildman–Crippen LogP) is 1.23. The topological polar surface area (TPSA) is 101 Å². The molecule has 1 aliphatic heterocycles. The van der Waals surface area contributed by atoms with E-state index in [9.17, 15) is 18.0 Å². The molecular formula is C14H25NO6S. The summed E-state index contributed by atoms with van der Waals surface area (Å²) in [7, 11) is -2.13. The second-order valence-corrected chi connectivity index (χ2v) is 7.68. The summed E-state index contributed by atoms with van der Waals surface area (Å²) in [5.41, 5.74) is 0. The zero-order chi connectivity index (χ0) is 16.8. The molecule has 128 valence electrons. The quantitative estimate of drug-likeness (QED) is 0.529. The largest absolute Gasteiger partial charge is 0.481 e. The van der Waals surface area contributed by atoms with E-state index in [4.69, 9.17) is 5.11 Å². The van der Waals surface area contributed by atoms with Gasteiger partial charge in [0.15, 0.2) is 0 Å². The highest BCUT2D eigenvalue weighted by Gasteiger charge is 2.38. The summed E-state index contributed by atoms with van der Waals surface area (Å²) < 4.78 is 30.6. The lowest BCUT2D eigenvalue weighted by Gasteiger charge is -2.36. The molecular weight excluding hydrogens is 310 g/mol. The molecule has 0 bridgehead atoms. The summed E-state index contributed by atoms with van der Waals surface area (Å²) in [6.45, 7) is 2.04. The number of unbranched alkanes of at least 4 members (excludes halogenated alkanes) is 2. The van der Waals surface area contributed by atoms with E-state index in [1.807, 2.05) is 0 Å². The van der Waals surface area contributed by atoms with Gasteiger partial charge in [-0.15, -0.1) is 0 Å². The number of rotatable bonds is 8. The second kappa shape index (κ2) is 8.47. The number of carboxylic acids is 1. The lowest BCUT2D eigenvalue weighted by atomic mass is 9.92. The Balaban J connectivity index is 2.48. The standard InChI is InChI=1S/C14H25NO6S/c1-11-12(14(17)18)7-6-9-15(11)22(19,20)10-5-3-4-8-13(16)21-2/h11-12H,3-10H2,1-2H3,(H,17,18)/t11-,12-/m0/s1. The van der Waals surface area contributed by atoms with E-state index >= 15 is 0 Å². The number of carbonyl (C=O) groups is 2. The second-order valence-electron chi connectivity index (χ2n) is 5.64. The molecule has 8 heteroatoms. The maximum absolute atomic E-state index is 12.4. The highest BCUT2D eigenvalue weighted by Crippen LogP contribution is 2.26. The van der Waals surface area contributed by atoms with Crippen LogP contribution in [-0.2, 0) is 24.3 Å². The monoisotopic (exact) mass is 335 g/mol. The van der Waals surface area contributed by atoms with Crippen molar-refractivity contribution in [2.75, 3.05) is 19.4 Å². The van der Waals surface area contributed by atoms with Crippen molar-refractivity contribution in [3.63, 3.8) is 0 Å². The average molecular weight is 335 g/mol. The summed E-state index contributed by atoms with van der Waals surface area (Å²) in [6.07, 6.45) is 3.05. The number of carboxylic acid groups (broad SMARTS) is 1. The van der Waals surface area contributed by atoms with Gasteiger partial charge in [-0.1, -0.05) is 6.42 Å². The van der Waals surface area contributed by atoms with Crippen molar-refractivity contribution in [1.29, 1.82) is 0 Å². The molecule has 1 fully saturated rings. The Morgan fingerprint density at radius 2 is 1.95 bits per heavy atom. The molecule has 0 aromatic heterocycles. The van der Waals surface area contributed by atoms with Crippen molar-refractivity contribution in [3.05, 3.63) is 0 Å². The van der Waals surface area contributed by atoms with Crippen LogP contribution in [0.25, 0.3) is 0 Å². The molecule has 0 spiro atoms. The zero-order valence-electron chi connectivity index (χ0n) is 13.2. The van der Waals surface area contributed by atoms with Crippen LogP contribution >= 0.6 is 0 Å². The number of ether oxygens (including phenoxy) is 1. The Bertz CT molecular complexity index is 490. The van der Waals surface area contributed by atoms with Crippen molar-refractivity contribution in [1.82, 2.24) is 4.31 Å². The SMILES string of the molecule is COC(=O)CCCCCS(=O)(=O)N1CCC[C@H](C(=O)O)[C@@H]1C. The van der Waals surface area contributed by atoms with Gasteiger partial charge in [0.25, 0.3) is 0 Å². The highest BCUT2D eigenvalue weighted by molar-refractivity contribution is 7.89. The fourth-order valence-corrected chi connectivity index (χ4v) is 4.65. The van der Waals surface area contributed by atoms with E-state index < -0.39 is 28.0 Å². The van der Waals surface area contributed by atoms with Gasteiger partial charge in [-0.25, -0.2) is 8.42 Å². The molecule has 1 N–H and O–H groups in total. The van der Waals surface area contributed by atoms with Crippen molar-refractivity contribution >= 4 is 22.0 Å². The van der Waals surface area contributed by atoms with Gasteiger partial charge in [-0.05, 0) is 32.6 Å². The van der Waals surface area contributed by atoms with Crippen molar-refractivity contribution in [2.24, 2.45) is 5.92 Å². The van der Waals surface area contributed by atoms with Gasteiger partial charge in [0, 0.05) is 19.0 Å². The summed E-state index contributed by atoms with van der Waals surface area (Å²) >= 11 is 0. The molecule has 0 aromatic rings. The van der Waals surface area contributed by atoms with Crippen LogP contribution in [0.1, 0.15) is 45.4 Å². The third-order valence-corrected chi connectivity index (χ3v) is 6.15. The summed E-state index contributed by atoms with van der Waals surface area (Å²) in [5, 5.41) is 9.15. The Labute approximate surface area is 131 Å². The van der Waals surface area contributed by atoms with Crippen LogP contribution in [0.15, 0.2) is 0 Å². The first kappa shape index (κ1) is 18.9. The number of hydrogen-bond acceptors (Lipinski definition) is 5. The number of nitrogens with zero attached hydrogens (tertiary/aromatic N) is 1. The first-order valence-corrected chi connectivity index (χ1v) is 9.19. The fraction of sp³-hybridized carbons (Fsp3) is 0.857. The molecule has 0 radical (unpaired) electrons. The van der Waals surface area contributed by atoms with Crippen LogP contribution in [0.3, 0.4) is 0 Å². The smallest absolute Gasteiger partial charge is 0.308 e. The van der Waals surface area contributed by atoms with Gasteiger partial charge in [-0.3, -0.25) is 9.59 Å². The number of aliphatic carboxylic acids is 1. The van der Waals surface area contributed by atoms with Crippen LogP contribution in [0.5, 0.6) is 0 Å². The van der Waals surface area contributed by atoms with Crippen LogP contribution in [-0.4, -0.2) is 55.2 Å². The minimum absolute atomic E-state index is 0.00908. The molecule has 1 rings (SSSR count). The first-order chi connectivity index (χ1) is 10.3. The number of piperidine rings is 1. The lowest BCUT2D eigenvalue weighted by Crippen LogP contribution is -2.49. The maximum atomic E-state index is 12.4. The number of hydrogen-bond donors (Lipinski definition) is 1. The zero-order valence-corrected chi connectivity index (χ0v) is 14.0. The van der Waals surface area contributed by atoms with E-state index in [-0.39, 0.29) is 18.1 Å². The molecule has 1 aliphatic rings. The number of esters is 1. The molecule has 7 nitrogen and oxygen atoms in total. The van der Waals surface area contributed by atoms with Crippen molar-refractivity contribution < 1.29 is 27.9 Å². The van der Waals surface area contributed by atoms with Gasteiger partial charge in [-0.2, -0.15) is 4.31 Å². The molecule has 22 heavy (non-hydrogen) atoms. The summed E-state index contributed by atoms with van der Waals surface area (Å²) in [5.74, 6) is -1.88. The lowest BCUT2D eigenvalue weighted by molar-refractivity contribution is -0.144. The summed E-state index contributed by atoms with van der Waals surface area (Å²) in [6, 6.07) is -0.508. The summed E-state index contributed by atoms with van der Waals surface area (Å²) in [4.78, 5) is 22.1. The van der Waals surface area contributed by atoms with E-state index in [0.717, 1.165) is 0 Å². The molecule has 1 saturated heterocycles. The van der Waals surface area contributed by atoms with Crippen LogP contribution in [0.4, 0.5) is 0 Å². The van der Waals surface area contributed by atoms with Gasteiger partial charge >= 0.3 is 11.9 Å². The van der Waals surface area contributed by atoms with Crippen molar-refractivity contribution in [3.8, 4) is 0 Å². The third kappa shape index (κ3) is 5.24. The predicted molar refractivity (Wildman–Crippen MR) is 80.8 cm³/mol. The minimum Gasteiger partial charge on any atom is -0.481 e. The molecule has 0 saturated carbocycles. The average Bonchev–Trinajstić information content (AvgIpc) is 2.46. The number of carbonyl (C=O) groups excluding carboxylic acids is 1. The van der Waals surface area contributed by atoms with Gasteiger partial charge in [0.1, 0.15) is 0 Å². The minimum atomic E-state index is -3.45. The van der Waals surface area contributed by atoms with E-state index in [0.29, 0.717) is 38.6 Å². The fourth-order valence-electron chi connectivity index (χ4n) is 2.78. The van der Waals surface area contributed by atoms with E-state index in [1.54, 1.807) is 6.92 Å². The molecule has 0 aliphatic carbocycles. The van der Waals surface area contributed by atoms with Crippen molar-refractivity contribution in [2.45, 2.75) is 51.5 Å². The Hall–Kier alpha value is -1.15. The highest BCUT2D eigenvalue weighted by atomic mass is 32.2.